The number of nitrogens with one attached hydrogen (secondary N) is 2. The van der Waals surface area contributed by atoms with Gasteiger partial charge in [0.1, 0.15) is 5.75 Å². The van der Waals surface area contributed by atoms with Crippen LogP contribution in [-0.2, 0) is 4.79 Å². The van der Waals surface area contributed by atoms with E-state index in [2.05, 4.69) is 16.7 Å². The number of nitriles is 1. The van der Waals surface area contributed by atoms with Gasteiger partial charge in [-0.05, 0) is 35.4 Å². The average molecular weight is 385 g/mol. The van der Waals surface area contributed by atoms with E-state index < -0.39 is 18.0 Å². The monoisotopic (exact) mass is 385 g/mol. The number of hydrogen-bond acceptors (Lipinski definition) is 4. The van der Waals surface area contributed by atoms with Crippen molar-refractivity contribution < 1.29 is 14.3 Å². The predicted octanol–water partition coefficient (Wildman–Crippen LogP) is 3.80. The minimum absolute atomic E-state index is 0.489. The summed E-state index contributed by atoms with van der Waals surface area (Å²) < 4.78 is 5.90. The molecule has 0 fully saturated rings. The van der Waals surface area contributed by atoms with Crippen LogP contribution in [0.15, 0.2) is 78.9 Å². The minimum Gasteiger partial charge on any atom is -0.476 e. The van der Waals surface area contributed by atoms with Crippen LogP contribution in [0.3, 0.4) is 0 Å². The highest BCUT2D eigenvalue weighted by Gasteiger charge is 2.24. The number of hydrogen-bond donors (Lipinski definition) is 2. The fourth-order valence-corrected chi connectivity index (χ4v) is 2.74. The Balaban J connectivity index is 1.81. The Morgan fingerprint density at radius 2 is 1.48 bits per heavy atom. The fraction of sp³-hybridized carbons (Fsp3) is 0.0870. The lowest BCUT2D eigenvalue weighted by molar-refractivity contribution is -0.127. The van der Waals surface area contributed by atoms with Crippen molar-refractivity contribution in [2.75, 3.05) is 7.05 Å². The maximum Gasteiger partial charge on any atom is 0.321 e. The van der Waals surface area contributed by atoms with Gasteiger partial charge in [0.15, 0.2) is 0 Å². The third-order valence-corrected chi connectivity index (χ3v) is 4.26. The van der Waals surface area contributed by atoms with Gasteiger partial charge in [0.25, 0.3) is 5.91 Å². The number of carbonyl (C=O) groups is 2. The molecule has 0 spiro atoms. The second-order valence-corrected chi connectivity index (χ2v) is 6.19. The summed E-state index contributed by atoms with van der Waals surface area (Å²) in [6, 6.07) is 25.0. The Bertz CT molecular complexity index is 1020. The van der Waals surface area contributed by atoms with Gasteiger partial charge in [0.2, 0.25) is 6.10 Å². The van der Waals surface area contributed by atoms with Crippen molar-refractivity contribution in [1.29, 1.82) is 5.26 Å². The quantitative estimate of drug-likeness (QED) is 0.699. The predicted molar refractivity (Wildman–Crippen MR) is 109 cm³/mol. The molecule has 144 valence electrons. The van der Waals surface area contributed by atoms with E-state index in [9.17, 15) is 9.59 Å². The number of urea groups is 1. The number of carbonyl (C=O) groups excluding carboxylic acids is 2. The molecule has 0 radical (unpaired) electrons. The molecule has 6 nitrogen and oxygen atoms in total. The van der Waals surface area contributed by atoms with Gasteiger partial charge in [-0.1, -0.05) is 54.6 Å². The zero-order chi connectivity index (χ0) is 20.6. The molecule has 0 aliphatic carbocycles. The standard InChI is InChI=1S/C23H19N3O3/c1-25-23(28)26-22(27)21(19-5-3-2-4-6-19)29-20-13-11-18(12-14-20)17-9-7-16(15-24)8-10-17/h2-14,21H,1H3,(H2,25,26,27,28)/t21-/m1/s1. The largest absolute Gasteiger partial charge is 0.476 e. The molecule has 0 bridgehead atoms. The minimum atomic E-state index is -0.978. The van der Waals surface area contributed by atoms with Gasteiger partial charge < -0.3 is 10.1 Å². The SMILES string of the molecule is CNC(=O)NC(=O)[C@H](Oc1ccc(-c2ccc(C#N)cc2)cc1)c1ccccc1. The van der Waals surface area contributed by atoms with Crippen molar-refractivity contribution in [3.05, 3.63) is 90.0 Å². The lowest BCUT2D eigenvalue weighted by Gasteiger charge is -2.19. The van der Waals surface area contributed by atoms with Crippen LogP contribution in [-0.4, -0.2) is 19.0 Å². The summed E-state index contributed by atoms with van der Waals surface area (Å²) in [6.45, 7) is 0. The van der Waals surface area contributed by atoms with Gasteiger partial charge in [-0.3, -0.25) is 10.1 Å². The summed E-state index contributed by atoms with van der Waals surface area (Å²) in [5.41, 5.74) is 3.15. The maximum absolute atomic E-state index is 12.5. The third kappa shape index (κ3) is 4.99. The average Bonchev–Trinajstić information content (AvgIpc) is 2.78. The van der Waals surface area contributed by atoms with E-state index in [1.807, 2.05) is 30.3 Å². The number of nitrogens with zero attached hydrogens (tertiary/aromatic N) is 1. The zero-order valence-corrected chi connectivity index (χ0v) is 15.8. The fourth-order valence-electron chi connectivity index (χ4n) is 2.74. The van der Waals surface area contributed by atoms with Crippen LogP contribution in [0.2, 0.25) is 0 Å². The summed E-state index contributed by atoms with van der Waals surface area (Å²) >= 11 is 0. The Kier molecular flexibility index (Phi) is 6.23. The topological polar surface area (TPSA) is 91.2 Å². The molecule has 3 rings (SSSR count). The molecule has 0 saturated heterocycles. The van der Waals surface area contributed by atoms with Crippen LogP contribution >= 0.6 is 0 Å². The molecule has 29 heavy (non-hydrogen) atoms. The molecular formula is C23H19N3O3. The lowest BCUT2D eigenvalue weighted by atomic mass is 10.0. The van der Waals surface area contributed by atoms with Crippen LogP contribution in [0.4, 0.5) is 4.79 Å². The first-order valence-electron chi connectivity index (χ1n) is 8.95. The van der Waals surface area contributed by atoms with Crippen LogP contribution in [0.25, 0.3) is 11.1 Å². The maximum atomic E-state index is 12.5. The van der Waals surface area contributed by atoms with Crippen molar-refractivity contribution in [2.24, 2.45) is 0 Å². The second kappa shape index (κ2) is 9.20. The Labute approximate surface area is 168 Å². The number of amides is 3. The Morgan fingerprint density at radius 3 is 2.03 bits per heavy atom. The van der Waals surface area contributed by atoms with E-state index in [1.165, 1.54) is 7.05 Å². The van der Waals surface area contributed by atoms with Crippen LogP contribution in [0.1, 0.15) is 17.2 Å². The van der Waals surface area contributed by atoms with E-state index in [0.29, 0.717) is 16.9 Å². The molecule has 6 heteroatoms. The molecule has 3 aromatic carbocycles. The molecule has 1 atom stereocenters. The third-order valence-electron chi connectivity index (χ3n) is 4.26. The lowest BCUT2D eigenvalue weighted by Crippen LogP contribution is -2.41. The van der Waals surface area contributed by atoms with Crippen molar-refractivity contribution in [1.82, 2.24) is 10.6 Å². The second-order valence-electron chi connectivity index (χ2n) is 6.19. The summed E-state index contributed by atoms with van der Waals surface area (Å²) in [4.78, 5) is 24.1. The first-order chi connectivity index (χ1) is 14.1. The summed E-state index contributed by atoms with van der Waals surface area (Å²) in [6.07, 6.45) is -0.978. The summed E-state index contributed by atoms with van der Waals surface area (Å²) in [5, 5.41) is 13.5. The molecular weight excluding hydrogens is 366 g/mol. The van der Waals surface area contributed by atoms with Gasteiger partial charge in [-0.2, -0.15) is 5.26 Å². The Hall–Kier alpha value is -4.11. The normalized spacial score (nSPS) is 11.0. The smallest absolute Gasteiger partial charge is 0.321 e. The summed E-state index contributed by atoms with van der Waals surface area (Å²) in [7, 11) is 1.43. The number of ether oxygens (including phenoxy) is 1. The van der Waals surface area contributed by atoms with Crippen molar-refractivity contribution >= 4 is 11.9 Å². The van der Waals surface area contributed by atoms with Gasteiger partial charge in [0.05, 0.1) is 11.6 Å². The van der Waals surface area contributed by atoms with Crippen LogP contribution in [0, 0.1) is 11.3 Å². The molecule has 0 heterocycles. The van der Waals surface area contributed by atoms with Gasteiger partial charge in [-0.25, -0.2) is 4.79 Å². The highest BCUT2D eigenvalue weighted by Crippen LogP contribution is 2.26. The van der Waals surface area contributed by atoms with E-state index in [-0.39, 0.29) is 0 Å². The summed E-state index contributed by atoms with van der Waals surface area (Å²) in [5.74, 6) is -0.0741. The van der Waals surface area contributed by atoms with Gasteiger partial charge >= 0.3 is 6.03 Å². The highest BCUT2D eigenvalue weighted by atomic mass is 16.5. The molecule has 0 saturated carbocycles. The van der Waals surface area contributed by atoms with E-state index in [4.69, 9.17) is 10.00 Å². The van der Waals surface area contributed by atoms with Crippen molar-refractivity contribution in [3.63, 3.8) is 0 Å². The van der Waals surface area contributed by atoms with E-state index in [0.717, 1.165) is 11.1 Å². The first kappa shape index (κ1) is 19.6. The molecule has 2 N–H and O–H groups in total. The first-order valence-corrected chi connectivity index (χ1v) is 8.95. The Morgan fingerprint density at radius 1 is 0.897 bits per heavy atom. The number of benzene rings is 3. The highest BCUT2D eigenvalue weighted by molar-refractivity contribution is 5.97. The van der Waals surface area contributed by atoms with E-state index >= 15 is 0 Å². The number of rotatable bonds is 5. The van der Waals surface area contributed by atoms with Gasteiger partial charge in [-0.15, -0.1) is 0 Å². The molecule has 3 amide bonds. The van der Waals surface area contributed by atoms with Crippen LogP contribution in [0.5, 0.6) is 5.75 Å². The van der Waals surface area contributed by atoms with E-state index in [1.54, 1.807) is 48.5 Å². The molecule has 0 aliphatic heterocycles. The molecule has 0 unspecified atom stereocenters. The zero-order valence-electron chi connectivity index (χ0n) is 15.8. The molecule has 3 aromatic rings. The molecule has 0 aromatic heterocycles. The molecule has 0 aliphatic rings. The van der Waals surface area contributed by atoms with Gasteiger partial charge in [0, 0.05) is 12.6 Å². The van der Waals surface area contributed by atoms with Crippen molar-refractivity contribution in [2.45, 2.75) is 6.10 Å². The van der Waals surface area contributed by atoms with Crippen molar-refractivity contribution in [3.8, 4) is 22.9 Å². The van der Waals surface area contributed by atoms with Crippen LogP contribution < -0.4 is 15.4 Å². The number of imide groups is 1.